The van der Waals surface area contributed by atoms with Gasteiger partial charge in [-0.1, -0.05) is 6.07 Å². The van der Waals surface area contributed by atoms with Gasteiger partial charge in [0.1, 0.15) is 12.7 Å². The minimum absolute atomic E-state index is 0.162. The number of benzene rings is 1. The molecule has 15 heavy (non-hydrogen) atoms. The van der Waals surface area contributed by atoms with Gasteiger partial charge in [0.2, 0.25) is 0 Å². The van der Waals surface area contributed by atoms with Crippen LogP contribution >= 0.6 is 15.9 Å². The summed E-state index contributed by atoms with van der Waals surface area (Å²) < 4.78 is 2.63. The Morgan fingerprint density at radius 1 is 1.40 bits per heavy atom. The summed E-state index contributed by atoms with van der Waals surface area (Å²) in [4.78, 5) is 3.89. The zero-order chi connectivity index (χ0) is 10.7. The molecule has 1 heterocycles. The Balaban J connectivity index is 2.35. The smallest absolute Gasteiger partial charge is 0.138 e. The fraction of sp³-hybridized carbons (Fsp3) is 0.200. The topological polar surface area (TPSA) is 50.9 Å². The van der Waals surface area contributed by atoms with Gasteiger partial charge in [-0.2, -0.15) is 5.10 Å². The van der Waals surface area contributed by atoms with E-state index in [2.05, 4.69) is 26.0 Å². The Morgan fingerprint density at radius 2 is 2.27 bits per heavy atom. The Morgan fingerprint density at radius 3 is 2.87 bits per heavy atom. The van der Waals surface area contributed by atoms with Crippen molar-refractivity contribution in [3.8, 4) is 5.69 Å². The van der Waals surface area contributed by atoms with Crippen molar-refractivity contribution in [2.75, 3.05) is 6.61 Å². The van der Waals surface area contributed by atoms with Crippen LogP contribution in [-0.4, -0.2) is 26.5 Å². The number of aromatic nitrogens is 3. The molecule has 5 heteroatoms. The Bertz CT molecular complexity index is 442. The summed E-state index contributed by atoms with van der Waals surface area (Å²) in [6.45, 7) is 0.162. The highest BCUT2D eigenvalue weighted by Crippen LogP contribution is 2.21. The normalized spacial score (nSPS) is 10.5. The maximum absolute atomic E-state index is 8.82. The molecule has 0 saturated carbocycles. The van der Waals surface area contributed by atoms with Crippen molar-refractivity contribution in [1.82, 2.24) is 14.8 Å². The first kappa shape index (κ1) is 10.3. The summed E-state index contributed by atoms with van der Waals surface area (Å²) >= 11 is 3.47. The van der Waals surface area contributed by atoms with E-state index in [0.29, 0.717) is 6.42 Å². The zero-order valence-electron chi connectivity index (χ0n) is 7.97. The van der Waals surface area contributed by atoms with Crippen LogP contribution in [0.4, 0.5) is 0 Å². The van der Waals surface area contributed by atoms with E-state index in [1.807, 2.05) is 18.2 Å². The molecule has 0 radical (unpaired) electrons. The van der Waals surface area contributed by atoms with Gasteiger partial charge >= 0.3 is 0 Å². The van der Waals surface area contributed by atoms with Crippen LogP contribution in [0.1, 0.15) is 5.56 Å². The van der Waals surface area contributed by atoms with Crippen LogP contribution in [0.25, 0.3) is 5.69 Å². The minimum Gasteiger partial charge on any atom is -0.396 e. The Hall–Kier alpha value is -1.20. The lowest BCUT2D eigenvalue weighted by Crippen LogP contribution is -1.97. The minimum atomic E-state index is 0.162. The monoisotopic (exact) mass is 267 g/mol. The van der Waals surface area contributed by atoms with Crippen molar-refractivity contribution in [2.45, 2.75) is 6.42 Å². The lowest BCUT2D eigenvalue weighted by molar-refractivity contribution is 0.299. The van der Waals surface area contributed by atoms with Crippen LogP contribution in [0.2, 0.25) is 0 Å². The number of nitrogens with zero attached hydrogens (tertiary/aromatic N) is 3. The summed E-state index contributed by atoms with van der Waals surface area (Å²) in [6.07, 6.45) is 3.80. The maximum Gasteiger partial charge on any atom is 0.138 e. The number of hydrogen-bond acceptors (Lipinski definition) is 3. The van der Waals surface area contributed by atoms with Crippen molar-refractivity contribution in [3.05, 3.63) is 40.9 Å². The molecular formula is C10H10BrN3O. The molecule has 0 aliphatic carbocycles. The predicted octanol–water partition coefficient (Wildman–Crippen LogP) is 1.56. The van der Waals surface area contributed by atoms with E-state index in [4.69, 9.17) is 5.11 Å². The Labute approximate surface area is 95.7 Å². The predicted molar refractivity (Wildman–Crippen MR) is 59.8 cm³/mol. The molecule has 4 nitrogen and oxygen atoms in total. The molecule has 78 valence electrons. The average Bonchev–Trinajstić information content (AvgIpc) is 2.71. The van der Waals surface area contributed by atoms with E-state index in [9.17, 15) is 0 Å². The lowest BCUT2D eigenvalue weighted by atomic mass is 10.1. The van der Waals surface area contributed by atoms with Crippen LogP contribution in [0.3, 0.4) is 0 Å². The van der Waals surface area contributed by atoms with Gasteiger partial charge in [0.15, 0.2) is 0 Å². The first-order valence-corrected chi connectivity index (χ1v) is 5.35. The van der Waals surface area contributed by atoms with Crippen LogP contribution < -0.4 is 0 Å². The molecular weight excluding hydrogens is 258 g/mol. The van der Waals surface area contributed by atoms with E-state index >= 15 is 0 Å². The van der Waals surface area contributed by atoms with Crippen molar-refractivity contribution >= 4 is 15.9 Å². The zero-order valence-corrected chi connectivity index (χ0v) is 9.55. The third-order valence-corrected chi connectivity index (χ3v) is 2.71. The van der Waals surface area contributed by atoms with Gasteiger partial charge in [0.25, 0.3) is 0 Å². The summed E-state index contributed by atoms with van der Waals surface area (Å²) in [6, 6.07) is 5.90. The number of aliphatic hydroxyl groups is 1. The Kier molecular flexibility index (Phi) is 3.13. The maximum atomic E-state index is 8.82. The van der Waals surface area contributed by atoms with Crippen molar-refractivity contribution in [1.29, 1.82) is 0 Å². The molecule has 0 atom stereocenters. The quantitative estimate of drug-likeness (QED) is 0.919. The van der Waals surface area contributed by atoms with E-state index in [1.165, 1.54) is 6.33 Å². The molecule has 0 fully saturated rings. The highest BCUT2D eigenvalue weighted by molar-refractivity contribution is 9.10. The second-order valence-corrected chi connectivity index (χ2v) is 3.95. The number of aliphatic hydroxyl groups excluding tert-OH is 1. The molecule has 0 bridgehead atoms. The second-order valence-electron chi connectivity index (χ2n) is 3.10. The summed E-state index contributed by atoms with van der Waals surface area (Å²) in [5.41, 5.74) is 2.03. The standard InChI is InChI=1S/C10H10BrN3O/c11-9-5-8(3-4-15)1-2-10(9)14-7-12-6-13-14/h1-2,5-7,15H,3-4H2. The SMILES string of the molecule is OCCc1ccc(-n2cncn2)c(Br)c1. The van der Waals surface area contributed by atoms with Crippen molar-refractivity contribution in [3.63, 3.8) is 0 Å². The lowest BCUT2D eigenvalue weighted by Gasteiger charge is -2.05. The van der Waals surface area contributed by atoms with Gasteiger partial charge < -0.3 is 5.11 Å². The van der Waals surface area contributed by atoms with Gasteiger partial charge in [0, 0.05) is 11.1 Å². The van der Waals surface area contributed by atoms with Gasteiger partial charge in [-0.3, -0.25) is 0 Å². The summed E-state index contributed by atoms with van der Waals surface area (Å²) in [7, 11) is 0. The van der Waals surface area contributed by atoms with Crippen LogP contribution in [0.5, 0.6) is 0 Å². The van der Waals surface area contributed by atoms with Crippen LogP contribution in [-0.2, 0) is 6.42 Å². The van der Waals surface area contributed by atoms with Gasteiger partial charge in [0.05, 0.1) is 5.69 Å². The third kappa shape index (κ3) is 2.24. The number of rotatable bonds is 3. The van der Waals surface area contributed by atoms with E-state index in [0.717, 1.165) is 15.7 Å². The highest BCUT2D eigenvalue weighted by atomic mass is 79.9. The molecule has 0 amide bonds. The van der Waals surface area contributed by atoms with Crippen molar-refractivity contribution in [2.24, 2.45) is 0 Å². The van der Waals surface area contributed by atoms with Crippen LogP contribution in [0.15, 0.2) is 35.3 Å². The molecule has 0 unspecified atom stereocenters. The first-order chi connectivity index (χ1) is 7.31. The van der Waals surface area contributed by atoms with E-state index < -0.39 is 0 Å². The highest BCUT2D eigenvalue weighted by Gasteiger charge is 2.03. The third-order valence-electron chi connectivity index (χ3n) is 2.08. The average molecular weight is 268 g/mol. The van der Waals surface area contributed by atoms with Gasteiger partial charge in [-0.25, -0.2) is 9.67 Å². The molecule has 1 aromatic heterocycles. The molecule has 1 aromatic carbocycles. The molecule has 0 saturated heterocycles. The summed E-state index contributed by atoms with van der Waals surface area (Å²) in [5, 5.41) is 12.9. The van der Waals surface area contributed by atoms with E-state index in [-0.39, 0.29) is 6.61 Å². The largest absolute Gasteiger partial charge is 0.396 e. The fourth-order valence-corrected chi connectivity index (χ4v) is 1.96. The molecule has 0 spiro atoms. The second kappa shape index (κ2) is 4.55. The molecule has 1 N–H and O–H groups in total. The van der Waals surface area contributed by atoms with Crippen molar-refractivity contribution < 1.29 is 5.11 Å². The number of halogens is 1. The molecule has 0 aliphatic rings. The molecule has 2 aromatic rings. The van der Waals surface area contributed by atoms with E-state index in [1.54, 1.807) is 11.0 Å². The number of hydrogen-bond donors (Lipinski definition) is 1. The fourth-order valence-electron chi connectivity index (χ4n) is 1.35. The van der Waals surface area contributed by atoms with Crippen LogP contribution in [0, 0.1) is 0 Å². The summed E-state index contributed by atoms with van der Waals surface area (Å²) in [5.74, 6) is 0. The van der Waals surface area contributed by atoms with Gasteiger partial charge in [-0.05, 0) is 40.0 Å². The van der Waals surface area contributed by atoms with Gasteiger partial charge in [-0.15, -0.1) is 0 Å². The molecule has 0 aliphatic heterocycles. The first-order valence-electron chi connectivity index (χ1n) is 4.55. The molecule has 2 rings (SSSR count).